The molecule has 1 saturated carbocycles. The highest BCUT2D eigenvalue weighted by atomic mass is 16.5. The highest BCUT2D eigenvalue weighted by Gasteiger charge is 2.22. The Morgan fingerprint density at radius 1 is 1.30 bits per heavy atom. The van der Waals surface area contributed by atoms with Crippen LogP contribution in [-0.4, -0.2) is 30.4 Å². The van der Waals surface area contributed by atoms with Crippen molar-refractivity contribution in [3.63, 3.8) is 0 Å². The van der Waals surface area contributed by atoms with Crippen molar-refractivity contribution in [3.8, 4) is 11.6 Å². The van der Waals surface area contributed by atoms with Crippen LogP contribution in [0.1, 0.15) is 33.1 Å². The van der Waals surface area contributed by atoms with Gasteiger partial charge in [0.2, 0.25) is 5.88 Å². The Morgan fingerprint density at radius 2 is 2.13 bits per heavy atom. The molecule has 0 amide bonds. The molecule has 0 unspecified atom stereocenters. The number of aryl methyl sites for hydroxylation is 1. The second kappa shape index (κ2) is 5.66. The maximum atomic E-state index is 8.33. The van der Waals surface area contributed by atoms with Gasteiger partial charge in [0.25, 0.3) is 0 Å². The maximum Gasteiger partial charge on any atom is 0.231 e. The van der Waals surface area contributed by atoms with Crippen molar-refractivity contribution in [1.82, 2.24) is 24.3 Å². The third-order valence-electron chi connectivity index (χ3n) is 4.42. The van der Waals surface area contributed by atoms with E-state index in [0.29, 0.717) is 29.1 Å². The van der Waals surface area contributed by atoms with Crippen molar-refractivity contribution >= 4 is 11.0 Å². The fraction of sp³-hybridized carbons (Fsp3) is 0.438. The van der Waals surface area contributed by atoms with Gasteiger partial charge in [-0.3, -0.25) is 4.68 Å². The summed E-state index contributed by atoms with van der Waals surface area (Å²) in [6.07, 6.45) is 10.7. The molecular weight excluding hydrogens is 292 g/mol. The molecule has 2 N–H and O–H groups in total. The van der Waals surface area contributed by atoms with E-state index >= 15 is 0 Å². The van der Waals surface area contributed by atoms with Gasteiger partial charge in [-0.25, -0.2) is 9.97 Å². The predicted octanol–water partition coefficient (Wildman–Crippen LogP) is 2.40. The molecule has 1 aliphatic rings. The Bertz CT molecular complexity index is 865. The molecule has 0 bridgehead atoms. The highest BCUT2D eigenvalue weighted by molar-refractivity contribution is 5.81. The summed E-state index contributed by atoms with van der Waals surface area (Å²) >= 11 is 0. The lowest BCUT2D eigenvalue weighted by molar-refractivity contribution is 0.329. The van der Waals surface area contributed by atoms with Crippen LogP contribution in [-0.2, 0) is 7.05 Å². The van der Waals surface area contributed by atoms with Crippen molar-refractivity contribution in [2.75, 3.05) is 0 Å². The van der Waals surface area contributed by atoms with Gasteiger partial charge in [-0.2, -0.15) is 5.10 Å². The van der Waals surface area contributed by atoms with Crippen LogP contribution >= 0.6 is 0 Å². The molecule has 0 aliphatic heterocycles. The van der Waals surface area contributed by atoms with E-state index in [4.69, 9.17) is 11.8 Å². The van der Waals surface area contributed by atoms with Gasteiger partial charge in [-0.05, 0) is 31.7 Å². The van der Waals surface area contributed by atoms with Crippen molar-refractivity contribution in [1.29, 1.82) is 0 Å². The minimum atomic E-state index is 0.289. The number of hydrogen-bond donors (Lipinski definition) is 1. The second-order valence-electron chi connectivity index (χ2n) is 6.08. The number of aromatic nitrogens is 5. The highest BCUT2D eigenvalue weighted by Crippen LogP contribution is 2.33. The van der Waals surface area contributed by atoms with Gasteiger partial charge >= 0.3 is 0 Å². The standard InChI is InChI=1S/C16H20N6O/c1-21-9-13(8-20-21)23-16-14-6-7-22(15(14)18-10-19-16)12-4-2-11(17)3-5-12/h6-12H,2-5,17H2,1H3/i6D. The van der Waals surface area contributed by atoms with Crippen LogP contribution in [0.15, 0.2) is 31.0 Å². The Hall–Kier alpha value is -2.41. The fourth-order valence-corrected chi connectivity index (χ4v) is 3.18. The molecule has 3 aromatic heterocycles. The van der Waals surface area contributed by atoms with Crippen LogP contribution in [0.2, 0.25) is 0 Å². The van der Waals surface area contributed by atoms with Crippen LogP contribution in [0.25, 0.3) is 11.0 Å². The van der Waals surface area contributed by atoms with Crippen LogP contribution in [0.5, 0.6) is 11.6 Å². The quantitative estimate of drug-likeness (QED) is 0.802. The zero-order valence-electron chi connectivity index (χ0n) is 14.0. The number of nitrogens with two attached hydrogens (primary N) is 1. The van der Waals surface area contributed by atoms with Crippen LogP contribution in [0.4, 0.5) is 0 Å². The summed E-state index contributed by atoms with van der Waals surface area (Å²) in [7, 11) is 1.82. The average Bonchev–Trinajstić information content (AvgIpc) is 3.13. The van der Waals surface area contributed by atoms with Gasteiger partial charge < -0.3 is 15.0 Å². The van der Waals surface area contributed by atoms with Crippen LogP contribution in [0, 0.1) is 0 Å². The van der Waals surface area contributed by atoms with E-state index in [1.807, 2.05) is 13.2 Å². The SMILES string of the molecule is [2H]c1cn(C2CCC(N)CC2)c2ncnc(Oc3cnn(C)c3)c12. The summed E-state index contributed by atoms with van der Waals surface area (Å²) in [5, 5.41) is 4.72. The van der Waals surface area contributed by atoms with Crippen molar-refractivity contribution in [3.05, 3.63) is 31.0 Å². The molecular formula is C16H20N6O. The summed E-state index contributed by atoms with van der Waals surface area (Å²) < 4.78 is 17.9. The number of nitrogens with zero attached hydrogens (tertiary/aromatic N) is 5. The lowest BCUT2D eigenvalue weighted by atomic mass is 9.92. The lowest BCUT2D eigenvalue weighted by Crippen LogP contribution is -2.27. The summed E-state index contributed by atoms with van der Waals surface area (Å²) in [6.45, 7) is 0. The first kappa shape index (κ1) is 13.1. The number of ether oxygens (including phenoxy) is 1. The van der Waals surface area contributed by atoms with E-state index in [0.717, 1.165) is 31.3 Å². The van der Waals surface area contributed by atoms with Gasteiger partial charge in [0.1, 0.15) is 12.0 Å². The summed E-state index contributed by atoms with van der Waals surface area (Å²) in [4.78, 5) is 8.62. The number of fused-ring (bicyclic) bond motifs is 1. The molecule has 0 aromatic carbocycles. The molecule has 0 saturated heterocycles. The molecule has 3 aromatic rings. The van der Waals surface area contributed by atoms with Crippen molar-refractivity contribution < 1.29 is 6.11 Å². The Morgan fingerprint density at radius 3 is 2.87 bits per heavy atom. The van der Waals surface area contributed by atoms with Gasteiger partial charge in [0, 0.05) is 25.3 Å². The molecule has 0 spiro atoms. The number of hydrogen-bond acceptors (Lipinski definition) is 5. The Balaban J connectivity index is 1.72. The van der Waals surface area contributed by atoms with Crippen LogP contribution in [0.3, 0.4) is 0 Å². The molecule has 3 heterocycles. The molecule has 7 heteroatoms. The maximum absolute atomic E-state index is 8.33. The number of rotatable bonds is 3. The lowest BCUT2D eigenvalue weighted by Gasteiger charge is -2.27. The third kappa shape index (κ3) is 2.68. The van der Waals surface area contributed by atoms with Gasteiger partial charge in [0.05, 0.1) is 19.2 Å². The average molecular weight is 313 g/mol. The first-order chi connectivity index (χ1) is 11.6. The Kier molecular flexibility index (Phi) is 3.21. The van der Waals surface area contributed by atoms with E-state index < -0.39 is 0 Å². The van der Waals surface area contributed by atoms with E-state index in [9.17, 15) is 0 Å². The molecule has 7 nitrogen and oxygen atoms in total. The van der Waals surface area contributed by atoms with E-state index in [-0.39, 0.29) is 6.04 Å². The third-order valence-corrected chi connectivity index (χ3v) is 4.42. The molecule has 1 aliphatic carbocycles. The Labute approximate surface area is 135 Å². The predicted molar refractivity (Wildman–Crippen MR) is 86.3 cm³/mol. The van der Waals surface area contributed by atoms with Crippen LogP contribution < -0.4 is 10.5 Å². The monoisotopic (exact) mass is 313 g/mol. The molecule has 23 heavy (non-hydrogen) atoms. The topological polar surface area (TPSA) is 83.8 Å². The largest absolute Gasteiger partial charge is 0.435 e. The normalized spacial score (nSPS) is 22.3. The first-order valence-corrected chi connectivity index (χ1v) is 7.86. The zero-order chi connectivity index (χ0) is 16.7. The summed E-state index contributed by atoms with van der Waals surface area (Å²) in [5.41, 5.74) is 6.75. The van der Waals surface area contributed by atoms with E-state index in [1.165, 1.54) is 6.33 Å². The van der Waals surface area contributed by atoms with Gasteiger partial charge in [-0.15, -0.1) is 0 Å². The zero-order valence-corrected chi connectivity index (χ0v) is 13.0. The smallest absolute Gasteiger partial charge is 0.231 e. The first-order valence-electron chi connectivity index (χ1n) is 8.36. The molecule has 120 valence electrons. The fourth-order valence-electron chi connectivity index (χ4n) is 3.18. The van der Waals surface area contributed by atoms with Crippen molar-refractivity contribution in [2.24, 2.45) is 12.8 Å². The van der Waals surface area contributed by atoms with E-state index in [2.05, 4.69) is 19.6 Å². The van der Waals surface area contributed by atoms with Gasteiger partial charge in [0.15, 0.2) is 5.75 Å². The van der Waals surface area contributed by atoms with E-state index in [1.54, 1.807) is 17.1 Å². The second-order valence-corrected chi connectivity index (χ2v) is 6.08. The summed E-state index contributed by atoms with van der Waals surface area (Å²) in [5.74, 6) is 0.984. The molecule has 4 rings (SSSR count). The minimum absolute atomic E-state index is 0.289. The molecule has 0 radical (unpaired) electrons. The molecule has 0 atom stereocenters. The summed E-state index contributed by atoms with van der Waals surface area (Å²) in [6, 6.07) is 0.990. The molecule has 1 fully saturated rings. The van der Waals surface area contributed by atoms with Crippen molar-refractivity contribution in [2.45, 2.75) is 37.8 Å². The van der Waals surface area contributed by atoms with Gasteiger partial charge in [-0.1, -0.05) is 0 Å². The minimum Gasteiger partial charge on any atom is -0.435 e.